The Hall–Kier alpha value is -0.235. The first-order valence-corrected chi connectivity index (χ1v) is 7.64. The third-order valence-electron chi connectivity index (χ3n) is 4.66. The third-order valence-corrected chi connectivity index (χ3v) is 4.66. The molecule has 2 aliphatic rings. The molecular formula is C15H28BN. The molecule has 0 aromatic rings. The van der Waals surface area contributed by atoms with Crippen molar-refractivity contribution in [2.24, 2.45) is 5.92 Å². The van der Waals surface area contributed by atoms with E-state index in [0.717, 1.165) is 5.92 Å². The number of hydrogen-bond donors (Lipinski definition) is 0. The highest BCUT2D eigenvalue weighted by atomic mass is 15.0. The van der Waals surface area contributed by atoms with Gasteiger partial charge in [0.25, 0.3) is 0 Å². The van der Waals surface area contributed by atoms with Gasteiger partial charge in [-0.25, -0.2) is 0 Å². The van der Waals surface area contributed by atoms with Gasteiger partial charge in [-0.15, -0.1) is 0 Å². The van der Waals surface area contributed by atoms with Crippen LogP contribution in [0.25, 0.3) is 0 Å². The van der Waals surface area contributed by atoms with Crippen molar-refractivity contribution in [2.75, 3.05) is 14.1 Å². The van der Waals surface area contributed by atoms with Crippen LogP contribution in [-0.4, -0.2) is 25.8 Å². The van der Waals surface area contributed by atoms with Crippen LogP contribution >= 0.6 is 0 Å². The average molecular weight is 233 g/mol. The summed E-state index contributed by atoms with van der Waals surface area (Å²) in [5.74, 6) is 3.54. The summed E-state index contributed by atoms with van der Waals surface area (Å²) in [5.41, 5.74) is 1.80. The largest absolute Gasteiger partial charge is 0.344 e. The van der Waals surface area contributed by atoms with E-state index in [1.165, 1.54) is 64.1 Å². The Morgan fingerprint density at radius 2 is 1.65 bits per heavy atom. The molecule has 0 radical (unpaired) electrons. The molecule has 0 aromatic carbocycles. The Kier molecular flexibility index (Phi) is 5.15. The number of allylic oxidation sites excluding steroid dienone is 1. The second-order valence-corrected chi connectivity index (χ2v) is 6.21. The van der Waals surface area contributed by atoms with Crippen molar-refractivity contribution in [1.29, 1.82) is 0 Å². The maximum atomic E-state index is 2.61. The van der Waals surface area contributed by atoms with Crippen LogP contribution in [0.15, 0.2) is 11.5 Å². The van der Waals surface area contributed by atoms with Crippen LogP contribution in [0.2, 0.25) is 6.32 Å². The Balaban J connectivity index is 1.98. The van der Waals surface area contributed by atoms with E-state index in [0.29, 0.717) is 6.85 Å². The second-order valence-electron chi connectivity index (χ2n) is 6.21. The van der Waals surface area contributed by atoms with Crippen LogP contribution in [0, 0.1) is 5.92 Å². The van der Waals surface area contributed by atoms with Crippen molar-refractivity contribution in [3.63, 3.8) is 0 Å². The van der Waals surface area contributed by atoms with Gasteiger partial charge in [-0.05, 0) is 39.3 Å². The van der Waals surface area contributed by atoms with E-state index in [4.69, 9.17) is 0 Å². The van der Waals surface area contributed by atoms with E-state index >= 15 is 0 Å². The molecule has 2 rings (SSSR count). The van der Waals surface area contributed by atoms with E-state index in [2.05, 4.69) is 24.9 Å². The number of nitrogens with zero attached hydrogens (tertiary/aromatic N) is 1. The van der Waals surface area contributed by atoms with E-state index in [-0.39, 0.29) is 0 Å². The van der Waals surface area contributed by atoms with Crippen LogP contribution in [0.5, 0.6) is 0 Å². The van der Waals surface area contributed by atoms with Crippen LogP contribution in [0.4, 0.5) is 0 Å². The summed E-state index contributed by atoms with van der Waals surface area (Å²) in [6.45, 7) is 0.712. The average Bonchev–Trinajstić information content (AvgIpc) is 2.28. The monoisotopic (exact) mass is 233 g/mol. The standard InChI is InChI=1S/C15H28BN/c1-17(2)16-12-8-11-15(13-16)14-9-6-4-3-5-7-10-14/h13-14H,3-12H2,1-2H3. The third kappa shape index (κ3) is 3.87. The molecule has 2 heteroatoms. The van der Waals surface area contributed by atoms with Gasteiger partial charge in [0.1, 0.15) is 0 Å². The minimum Gasteiger partial charge on any atom is -0.344 e. The molecule has 0 unspecified atom stereocenters. The topological polar surface area (TPSA) is 3.24 Å². The molecule has 1 nitrogen and oxygen atoms in total. The lowest BCUT2D eigenvalue weighted by atomic mass is 9.52. The van der Waals surface area contributed by atoms with Crippen molar-refractivity contribution >= 4 is 6.85 Å². The fourth-order valence-electron chi connectivity index (χ4n) is 3.50. The van der Waals surface area contributed by atoms with Gasteiger partial charge < -0.3 is 4.81 Å². The Bertz CT molecular complexity index is 252. The van der Waals surface area contributed by atoms with Gasteiger partial charge in [0.2, 0.25) is 6.85 Å². The molecule has 1 fully saturated rings. The predicted octanol–water partition coefficient (Wildman–Crippen LogP) is 4.16. The number of rotatable bonds is 2. The van der Waals surface area contributed by atoms with Crippen molar-refractivity contribution in [2.45, 2.75) is 64.1 Å². The summed E-state index contributed by atoms with van der Waals surface area (Å²) in [4.78, 5) is 2.39. The molecule has 17 heavy (non-hydrogen) atoms. The Labute approximate surface area is 108 Å². The summed E-state index contributed by atoms with van der Waals surface area (Å²) < 4.78 is 0. The molecule has 0 atom stereocenters. The van der Waals surface area contributed by atoms with Crippen LogP contribution < -0.4 is 0 Å². The van der Waals surface area contributed by atoms with Crippen LogP contribution in [-0.2, 0) is 0 Å². The maximum absolute atomic E-state index is 2.61. The molecule has 0 spiro atoms. The molecule has 0 amide bonds. The SMILES string of the molecule is CN(C)B1C=C(C2CCCCCCC2)CCC1. The molecule has 1 saturated carbocycles. The lowest BCUT2D eigenvalue weighted by molar-refractivity contribution is 0.410. The van der Waals surface area contributed by atoms with Gasteiger partial charge >= 0.3 is 0 Å². The molecule has 96 valence electrons. The van der Waals surface area contributed by atoms with Gasteiger partial charge in [-0.2, -0.15) is 0 Å². The zero-order chi connectivity index (χ0) is 12.1. The molecule has 0 N–H and O–H groups in total. The van der Waals surface area contributed by atoms with Crippen molar-refractivity contribution in [3.8, 4) is 0 Å². The van der Waals surface area contributed by atoms with Crippen molar-refractivity contribution in [3.05, 3.63) is 11.5 Å². The summed E-state index contributed by atoms with van der Waals surface area (Å²) in [7, 11) is 4.45. The van der Waals surface area contributed by atoms with Gasteiger partial charge in [-0.3, -0.25) is 0 Å². The van der Waals surface area contributed by atoms with Gasteiger partial charge in [0.15, 0.2) is 0 Å². The van der Waals surface area contributed by atoms with E-state index < -0.39 is 0 Å². The lowest BCUT2D eigenvalue weighted by Gasteiger charge is -2.29. The van der Waals surface area contributed by atoms with Gasteiger partial charge in [-0.1, -0.05) is 56.4 Å². The first-order chi connectivity index (χ1) is 8.27. The summed E-state index contributed by atoms with van der Waals surface area (Å²) >= 11 is 0. The Morgan fingerprint density at radius 3 is 2.29 bits per heavy atom. The molecule has 1 heterocycles. The maximum Gasteiger partial charge on any atom is 0.249 e. The normalized spacial score (nSPS) is 24.4. The molecule has 1 aliphatic carbocycles. The fraction of sp³-hybridized carbons (Fsp3) is 0.867. The van der Waals surface area contributed by atoms with E-state index in [9.17, 15) is 0 Å². The first kappa shape index (κ1) is 13.2. The minimum absolute atomic E-state index is 0.712. The first-order valence-electron chi connectivity index (χ1n) is 7.64. The second kappa shape index (κ2) is 6.63. The van der Waals surface area contributed by atoms with Crippen molar-refractivity contribution < 1.29 is 0 Å². The van der Waals surface area contributed by atoms with Gasteiger partial charge in [0, 0.05) is 0 Å². The van der Waals surface area contributed by atoms with Gasteiger partial charge in [0.05, 0.1) is 0 Å². The highest BCUT2D eigenvalue weighted by molar-refractivity contribution is 6.61. The smallest absolute Gasteiger partial charge is 0.249 e. The molecule has 1 aliphatic heterocycles. The summed E-state index contributed by atoms with van der Waals surface area (Å²) in [6, 6.07) is 0. The molecule has 0 saturated heterocycles. The van der Waals surface area contributed by atoms with E-state index in [1.807, 2.05) is 0 Å². The molecular weight excluding hydrogens is 205 g/mol. The predicted molar refractivity (Wildman–Crippen MR) is 77.4 cm³/mol. The zero-order valence-electron chi connectivity index (χ0n) is 11.8. The highest BCUT2D eigenvalue weighted by Gasteiger charge is 2.24. The quantitative estimate of drug-likeness (QED) is 0.647. The lowest BCUT2D eigenvalue weighted by Crippen LogP contribution is -2.33. The summed E-state index contributed by atoms with van der Waals surface area (Å²) in [5, 5.41) is 0. The van der Waals surface area contributed by atoms with Crippen LogP contribution in [0.3, 0.4) is 0 Å². The Morgan fingerprint density at radius 1 is 1.00 bits per heavy atom. The number of hydrogen-bond acceptors (Lipinski definition) is 1. The molecule has 0 aromatic heterocycles. The summed E-state index contributed by atoms with van der Waals surface area (Å²) in [6.07, 6.45) is 14.4. The van der Waals surface area contributed by atoms with E-state index in [1.54, 1.807) is 5.57 Å². The van der Waals surface area contributed by atoms with Crippen molar-refractivity contribution in [1.82, 2.24) is 4.81 Å². The fourth-order valence-corrected chi connectivity index (χ4v) is 3.50. The van der Waals surface area contributed by atoms with Crippen LogP contribution in [0.1, 0.15) is 57.8 Å². The minimum atomic E-state index is 0.712. The highest BCUT2D eigenvalue weighted by Crippen LogP contribution is 2.33. The zero-order valence-corrected chi connectivity index (χ0v) is 11.8. The molecule has 0 bridgehead atoms.